The Bertz CT molecular complexity index is 241. The second-order valence-corrected chi connectivity index (χ2v) is 3.36. The van der Waals surface area contributed by atoms with Gasteiger partial charge in [0.2, 0.25) is 0 Å². The van der Waals surface area contributed by atoms with Crippen molar-refractivity contribution in [2.24, 2.45) is 0 Å². The Balaban J connectivity index is 4.09. The molecule has 68 valence electrons. The molecule has 0 saturated heterocycles. The lowest BCUT2D eigenvalue weighted by molar-refractivity contribution is 0.169. The molecule has 0 radical (unpaired) electrons. The van der Waals surface area contributed by atoms with Crippen LogP contribution in [-0.2, 0) is 13.8 Å². The van der Waals surface area contributed by atoms with Crippen LogP contribution in [0.1, 0.15) is 6.92 Å². The molecule has 0 aromatic rings. The van der Waals surface area contributed by atoms with E-state index in [2.05, 4.69) is 9.26 Å². The molecular formula is C6H9O5P. The van der Waals surface area contributed by atoms with Crippen molar-refractivity contribution in [3.63, 3.8) is 0 Å². The van der Waals surface area contributed by atoms with Crippen molar-refractivity contribution in [1.82, 2.24) is 0 Å². The highest BCUT2D eigenvalue weighted by molar-refractivity contribution is 7.70. The van der Waals surface area contributed by atoms with Crippen molar-refractivity contribution in [2.75, 3.05) is 13.2 Å². The lowest BCUT2D eigenvalue weighted by Crippen LogP contribution is -2.05. The molecule has 12 heavy (non-hydrogen) atoms. The highest BCUT2D eigenvalue weighted by Gasteiger charge is 2.31. The van der Waals surface area contributed by atoms with E-state index < -0.39 is 13.3 Å². The van der Waals surface area contributed by atoms with Gasteiger partial charge in [-0.05, 0) is 6.92 Å². The number of hydrogen-bond donors (Lipinski definition) is 1. The average Bonchev–Trinajstić information content (AvgIpc) is 2.00. The van der Waals surface area contributed by atoms with Gasteiger partial charge in [0.25, 0.3) is 0 Å². The third-order valence-corrected chi connectivity index (χ3v) is 2.01. The Morgan fingerprint density at radius 1 is 1.75 bits per heavy atom. The van der Waals surface area contributed by atoms with Crippen molar-refractivity contribution in [2.45, 2.75) is 6.92 Å². The van der Waals surface area contributed by atoms with Gasteiger partial charge < -0.3 is 14.2 Å². The number of terminal acetylenes is 1. The monoisotopic (exact) mass is 192 g/mol. The van der Waals surface area contributed by atoms with E-state index in [1.54, 1.807) is 0 Å². The van der Waals surface area contributed by atoms with Crippen LogP contribution < -0.4 is 0 Å². The molecule has 0 aliphatic carbocycles. The van der Waals surface area contributed by atoms with Gasteiger partial charge in [-0.1, -0.05) is 5.92 Å². The predicted octanol–water partition coefficient (Wildman–Crippen LogP) is 0.978. The zero-order valence-electron chi connectivity index (χ0n) is 6.52. The molecule has 1 atom stereocenters. The van der Waals surface area contributed by atoms with E-state index in [1.165, 1.54) is 6.92 Å². The van der Waals surface area contributed by atoms with Crippen LogP contribution in [0, 0.1) is 12.3 Å². The summed E-state index contributed by atoms with van der Waals surface area (Å²) in [6, 6.07) is 0. The Kier molecular flexibility index (Phi) is 4.60. The summed E-state index contributed by atoms with van der Waals surface area (Å²) in [5.74, 6) is 1.98. The Labute approximate surface area is 70.2 Å². The minimum absolute atomic E-state index is 0.0427. The maximum atomic E-state index is 10.8. The average molecular weight is 192 g/mol. The molecule has 0 bridgehead atoms. The van der Waals surface area contributed by atoms with Crippen molar-refractivity contribution in [3.8, 4) is 12.3 Å². The van der Waals surface area contributed by atoms with Gasteiger partial charge in [-0.25, -0.2) is 9.36 Å². The van der Waals surface area contributed by atoms with Gasteiger partial charge in [-0.3, -0.25) is 0 Å². The molecule has 0 fully saturated rings. The summed E-state index contributed by atoms with van der Waals surface area (Å²) < 4.78 is 19.3. The number of carbonyl (C=O) groups excluding carboxylic acids is 1. The van der Waals surface area contributed by atoms with Crippen LogP contribution in [0.15, 0.2) is 0 Å². The fraction of sp³-hybridized carbons (Fsp3) is 0.500. The van der Waals surface area contributed by atoms with Gasteiger partial charge in [0.05, 0.1) is 6.61 Å². The molecular weight excluding hydrogens is 183 g/mol. The van der Waals surface area contributed by atoms with Gasteiger partial charge >= 0.3 is 13.3 Å². The van der Waals surface area contributed by atoms with E-state index >= 15 is 0 Å². The predicted molar refractivity (Wildman–Crippen MR) is 41.6 cm³/mol. The summed E-state index contributed by atoms with van der Waals surface area (Å²) in [4.78, 5) is 19.5. The SMILES string of the molecule is C#CCOC(=O)P(=O)(O)OCC. The summed E-state index contributed by atoms with van der Waals surface area (Å²) in [6.07, 6.45) is 4.75. The standard InChI is InChI=1S/C6H9O5P/c1-3-5-10-6(7)12(8,9)11-4-2/h1H,4-5H2,2H3,(H,8,9). The molecule has 5 nitrogen and oxygen atoms in total. The van der Waals surface area contributed by atoms with Crippen molar-refractivity contribution >= 4 is 13.3 Å². The molecule has 1 unspecified atom stereocenters. The lowest BCUT2D eigenvalue weighted by atomic mass is 10.8. The minimum Gasteiger partial charge on any atom is -0.443 e. The Hall–Kier alpha value is -0.820. The highest BCUT2D eigenvalue weighted by atomic mass is 31.2. The second kappa shape index (κ2) is 4.94. The quantitative estimate of drug-likeness (QED) is 0.530. The first kappa shape index (κ1) is 11.2. The summed E-state index contributed by atoms with van der Waals surface area (Å²) in [7, 11) is -4.27. The van der Waals surface area contributed by atoms with E-state index in [-0.39, 0.29) is 13.2 Å². The third-order valence-electron chi connectivity index (χ3n) is 0.814. The van der Waals surface area contributed by atoms with E-state index in [0.717, 1.165) is 0 Å². The summed E-state index contributed by atoms with van der Waals surface area (Å²) in [5, 5.41) is 0. The number of ether oxygens (including phenoxy) is 1. The molecule has 0 saturated carbocycles. The minimum atomic E-state index is -4.27. The zero-order valence-corrected chi connectivity index (χ0v) is 7.41. The molecule has 0 spiro atoms. The lowest BCUT2D eigenvalue weighted by Gasteiger charge is -2.07. The normalized spacial score (nSPS) is 14.4. The van der Waals surface area contributed by atoms with E-state index in [0.29, 0.717) is 0 Å². The maximum Gasteiger partial charge on any atom is 0.435 e. The Morgan fingerprint density at radius 3 is 2.75 bits per heavy atom. The largest absolute Gasteiger partial charge is 0.443 e. The van der Waals surface area contributed by atoms with Crippen LogP contribution in [0.3, 0.4) is 0 Å². The van der Waals surface area contributed by atoms with Crippen molar-refractivity contribution in [3.05, 3.63) is 0 Å². The Morgan fingerprint density at radius 2 is 2.33 bits per heavy atom. The van der Waals surface area contributed by atoms with E-state index in [9.17, 15) is 9.36 Å². The fourth-order valence-electron chi connectivity index (χ4n) is 0.413. The highest BCUT2D eigenvalue weighted by Crippen LogP contribution is 2.43. The molecule has 6 heteroatoms. The molecule has 0 aliphatic rings. The first-order valence-corrected chi connectivity index (χ1v) is 4.70. The molecule has 0 aromatic heterocycles. The first-order chi connectivity index (χ1) is 5.54. The van der Waals surface area contributed by atoms with Crippen molar-refractivity contribution in [1.29, 1.82) is 0 Å². The molecule has 0 aliphatic heterocycles. The van der Waals surface area contributed by atoms with Crippen LogP contribution in [0.25, 0.3) is 0 Å². The topological polar surface area (TPSA) is 72.8 Å². The van der Waals surface area contributed by atoms with Crippen LogP contribution in [-0.4, -0.2) is 23.8 Å². The molecule has 0 aromatic carbocycles. The molecule has 0 amide bonds. The first-order valence-electron chi connectivity index (χ1n) is 3.12. The molecule has 0 rings (SSSR count). The van der Waals surface area contributed by atoms with Gasteiger partial charge in [-0.2, -0.15) is 0 Å². The zero-order chi connectivity index (χ0) is 9.61. The van der Waals surface area contributed by atoms with Gasteiger partial charge in [-0.15, -0.1) is 6.42 Å². The number of carbonyl (C=O) groups is 1. The smallest absolute Gasteiger partial charge is 0.435 e. The summed E-state index contributed by atoms with van der Waals surface area (Å²) in [6.45, 7) is 1.10. The molecule has 1 N–H and O–H groups in total. The third kappa shape index (κ3) is 3.54. The van der Waals surface area contributed by atoms with Crippen LogP contribution in [0.4, 0.5) is 4.79 Å². The van der Waals surface area contributed by atoms with Crippen LogP contribution in [0.5, 0.6) is 0 Å². The number of rotatable bonds is 4. The second-order valence-electron chi connectivity index (χ2n) is 1.70. The van der Waals surface area contributed by atoms with Crippen LogP contribution in [0.2, 0.25) is 0 Å². The summed E-state index contributed by atoms with van der Waals surface area (Å²) in [5.41, 5.74) is -1.32. The van der Waals surface area contributed by atoms with Gasteiger partial charge in [0.15, 0.2) is 6.61 Å². The van der Waals surface area contributed by atoms with Crippen molar-refractivity contribution < 1.29 is 23.5 Å². The van der Waals surface area contributed by atoms with Gasteiger partial charge in [0, 0.05) is 0 Å². The number of hydrogen-bond acceptors (Lipinski definition) is 4. The molecule has 0 heterocycles. The van der Waals surface area contributed by atoms with Gasteiger partial charge in [0.1, 0.15) is 0 Å². The summed E-state index contributed by atoms with van der Waals surface area (Å²) >= 11 is 0. The fourth-order valence-corrected chi connectivity index (χ4v) is 1.10. The maximum absolute atomic E-state index is 10.8. The van der Waals surface area contributed by atoms with E-state index in [1.807, 2.05) is 5.92 Å². The van der Waals surface area contributed by atoms with E-state index in [4.69, 9.17) is 11.3 Å². The van der Waals surface area contributed by atoms with Crippen LogP contribution >= 0.6 is 7.60 Å².